The van der Waals surface area contributed by atoms with Crippen LogP contribution < -0.4 is 5.32 Å². The van der Waals surface area contributed by atoms with Crippen LogP contribution in [0.1, 0.15) is 17.4 Å². The maximum atomic E-state index is 12.8. The van der Waals surface area contributed by atoms with Gasteiger partial charge >= 0.3 is 0 Å². The Morgan fingerprint density at radius 1 is 1.27 bits per heavy atom. The molecule has 0 bridgehead atoms. The van der Waals surface area contributed by atoms with E-state index in [0.717, 1.165) is 4.88 Å². The molecular formula is C15H16FNO3S2. The molecule has 0 aliphatic rings. The number of halogens is 1. The third-order valence-electron chi connectivity index (χ3n) is 3.21. The molecule has 0 saturated heterocycles. The molecule has 1 aromatic heterocycles. The zero-order valence-corrected chi connectivity index (χ0v) is 13.6. The lowest BCUT2D eigenvalue weighted by Crippen LogP contribution is -2.38. The van der Waals surface area contributed by atoms with E-state index in [2.05, 4.69) is 5.32 Å². The van der Waals surface area contributed by atoms with Crippen LogP contribution in [-0.4, -0.2) is 19.6 Å². The summed E-state index contributed by atoms with van der Waals surface area (Å²) in [5.74, 6) is -1.25. The summed E-state index contributed by atoms with van der Waals surface area (Å²) in [5, 5.41) is 3.35. The number of rotatable bonds is 6. The van der Waals surface area contributed by atoms with Crippen LogP contribution in [0, 0.1) is 5.82 Å². The fourth-order valence-electron chi connectivity index (χ4n) is 1.83. The Morgan fingerprint density at radius 3 is 2.55 bits per heavy atom. The van der Waals surface area contributed by atoms with E-state index in [-0.39, 0.29) is 5.75 Å². The number of carbonyl (C=O) groups excluding carboxylic acids is 1. The monoisotopic (exact) mass is 341 g/mol. The maximum Gasteiger partial charge on any atom is 0.238 e. The van der Waals surface area contributed by atoms with Crippen molar-refractivity contribution in [3.63, 3.8) is 0 Å². The largest absolute Gasteiger partial charge is 0.350 e. The van der Waals surface area contributed by atoms with E-state index in [1.807, 2.05) is 17.5 Å². The van der Waals surface area contributed by atoms with Crippen molar-refractivity contribution in [2.24, 2.45) is 0 Å². The van der Waals surface area contributed by atoms with Gasteiger partial charge in [0.2, 0.25) is 5.91 Å². The van der Waals surface area contributed by atoms with E-state index in [1.54, 1.807) is 0 Å². The Hall–Kier alpha value is -1.73. The lowest BCUT2D eigenvalue weighted by molar-refractivity contribution is -0.120. The van der Waals surface area contributed by atoms with E-state index >= 15 is 0 Å². The van der Waals surface area contributed by atoms with Gasteiger partial charge < -0.3 is 5.32 Å². The highest BCUT2D eigenvalue weighted by Crippen LogP contribution is 2.13. The van der Waals surface area contributed by atoms with E-state index < -0.39 is 26.8 Å². The van der Waals surface area contributed by atoms with Gasteiger partial charge in [-0.15, -0.1) is 11.3 Å². The Bertz CT molecular complexity index is 725. The van der Waals surface area contributed by atoms with Gasteiger partial charge in [-0.25, -0.2) is 12.8 Å². The minimum Gasteiger partial charge on any atom is -0.350 e. The minimum atomic E-state index is -3.65. The van der Waals surface area contributed by atoms with Crippen LogP contribution in [0.2, 0.25) is 0 Å². The highest BCUT2D eigenvalue weighted by Gasteiger charge is 2.28. The van der Waals surface area contributed by atoms with Crippen LogP contribution >= 0.6 is 11.3 Å². The quantitative estimate of drug-likeness (QED) is 0.878. The normalized spacial score (nSPS) is 12.8. The number of carbonyl (C=O) groups is 1. The van der Waals surface area contributed by atoms with Crippen molar-refractivity contribution in [2.75, 3.05) is 0 Å². The van der Waals surface area contributed by atoms with Crippen LogP contribution in [0.25, 0.3) is 0 Å². The zero-order valence-electron chi connectivity index (χ0n) is 12.0. The standard InChI is InChI=1S/C15H16FNO3S2/c1-11(15(18)17-9-14-3-2-8-21-14)22(19,20)10-12-4-6-13(16)7-5-12/h2-8,11H,9-10H2,1H3,(H,17,18). The van der Waals surface area contributed by atoms with Crippen molar-refractivity contribution < 1.29 is 17.6 Å². The van der Waals surface area contributed by atoms with Gasteiger partial charge in [-0.2, -0.15) is 0 Å². The number of benzene rings is 1. The Balaban J connectivity index is 1.98. The third-order valence-corrected chi connectivity index (χ3v) is 6.11. The summed E-state index contributed by atoms with van der Waals surface area (Å²) in [4.78, 5) is 12.9. The first-order chi connectivity index (χ1) is 10.4. The summed E-state index contributed by atoms with van der Waals surface area (Å²) in [6, 6.07) is 8.94. The third kappa shape index (κ3) is 4.38. The van der Waals surface area contributed by atoms with Gasteiger partial charge in [-0.3, -0.25) is 4.79 Å². The molecule has 0 saturated carbocycles. The van der Waals surface area contributed by atoms with Gasteiger partial charge in [0, 0.05) is 4.88 Å². The molecule has 0 spiro atoms. The highest BCUT2D eigenvalue weighted by atomic mass is 32.2. The Morgan fingerprint density at radius 2 is 1.95 bits per heavy atom. The van der Waals surface area contributed by atoms with Crippen LogP contribution in [0.15, 0.2) is 41.8 Å². The molecule has 0 radical (unpaired) electrons. The van der Waals surface area contributed by atoms with Gasteiger partial charge in [0.15, 0.2) is 9.84 Å². The van der Waals surface area contributed by atoms with Crippen LogP contribution in [0.4, 0.5) is 4.39 Å². The summed E-state index contributed by atoms with van der Waals surface area (Å²) >= 11 is 1.49. The molecule has 0 fully saturated rings. The molecule has 1 unspecified atom stereocenters. The molecule has 1 atom stereocenters. The molecule has 0 aliphatic carbocycles. The average Bonchev–Trinajstić information content (AvgIpc) is 2.99. The van der Waals surface area contributed by atoms with Crippen molar-refractivity contribution in [2.45, 2.75) is 24.5 Å². The summed E-state index contributed by atoms with van der Waals surface area (Å²) < 4.78 is 37.3. The molecule has 1 heterocycles. The summed E-state index contributed by atoms with van der Waals surface area (Å²) in [6.07, 6.45) is 0. The van der Waals surface area contributed by atoms with Crippen LogP contribution in [0.5, 0.6) is 0 Å². The average molecular weight is 341 g/mol. The molecule has 2 aromatic rings. The van der Waals surface area contributed by atoms with Crippen molar-refractivity contribution >= 4 is 27.1 Å². The highest BCUT2D eigenvalue weighted by molar-refractivity contribution is 7.92. The fourth-order valence-corrected chi connectivity index (χ4v) is 3.79. The summed E-state index contributed by atoms with van der Waals surface area (Å²) in [5.41, 5.74) is 0.458. The van der Waals surface area contributed by atoms with Crippen LogP contribution in [-0.2, 0) is 26.9 Å². The minimum absolute atomic E-state index is 0.291. The molecule has 4 nitrogen and oxygen atoms in total. The van der Waals surface area contributed by atoms with Crippen molar-refractivity contribution in [3.05, 3.63) is 58.0 Å². The molecule has 22 heavy (non-hydrogen) atoms. The van der Waals surface area contributed by atoms with Crippen molar-refractivity contribution in [1.29, 1.82) is 0 Å². The van der Waals surface area contributed by atoms with Gasteiger partial charge in [-0.05, 0) is 36.1 Å². The number of hydrogen-bond acceptors (Lipinski definition) is 4. The predicted molar refractivity (Wildman–Crippen MR) is 84.7 cm³/mol. The zero-order chi connectivity index (χ0) is 16.2. The lowest BCUT2D eigenvalue weighted by Gasteiger charge is -2.13. The summed E-state index contributed by atoms with van der Waals surface area (Å²) in [6.45, 7) is 1.68. The first kappa shape index (κ1) is 16.6. The lowest BCUT2D eigenvalue weighted by atomic mass is 10.2. The van der Waals surface area contributed by atoms with E-state index in [0.29, 0.717) is 12.1 Å². The first-order valence-electron chi connectivity index (χ1n) is 6.64. The first-order valence-corrected chi connectivity index (χ1v) is 9.24. The SMILES string of the molecule is CC(C(=O)NCc1cccs1)S(=O)(=O)Cc1ccc(F)cc1. The molecule has 1 amide bonds. The van der Waals surface area contributed by atoms with Gasteiger partial charge in [0.25, 0.3) is 0 Å². The Kier molecular flexibility index (Phi) is 5.31. The van der Waals surface area contributed by atoms with E-state index in [4.69, 9.17) is 0 Å². The second-order valence-electron chi connectivity index (χ2n) is 4.87. The number of thiophene rings is 1. The van der Waals surface area contributed by atoms with Gasteiger partial charge in [-0.1, -0.05) is 18.2 Å². The maximum absolute atomic E-state index is 12.8. The van der Waals surface area contributed by atoms with Crippen LogP contribution in [0.3, 0.4) is 0 Å². The molecule has 1 aromatic carbocycles. The van der Waals surface area contributed by atoms with E-state index in [9.17, 15) is 17.6 Å². The molecule has 1 N–H and O–H groups in total. The fraction of sp³-hybridized carbons (Fsp3) is 0.267. The topological polar surface area (TPSA) is 63.2 Å². The molecular weight excluding hydrogens is 325 g/mol. The van der Waals surface area contributed by atoms with Crippen molar-refractivity contribution in [1.82, 2.24) is 5.32 Å². The Labute approximate surface area is 132 Å². The molecule has 118 valence electrons. The number of sulfone groups is 1. The van der Waals surface area contributed by atoms with Crippen molar-refractivity contribution in [3.8, 4) is 0 Å². The number of amides is 1. The van der Waals surface area contributed by atoms with E-state index in [1.165, 1.54) is 42.5 Å². The smallest absolute Gasteiger partial charge is 0.238 e. The number of nitrogens with one attached hydrogen (secondary N) is 1. The second kappa shape index (κ2) is 7.02. The second-order valence-corrected chi connectivity index (χ2v) is 8.23. The number of hydrogen-bond donors (Lipinski definition) is 1. The predicted octanol–water partition coefficient (Wildman–Crippen LogP) is 2.51. The summed E-state index contributed by atoms with van der Waals surface area (Å²) in [7, 11) is -3.65. The molecule has 2 rings (SSSR count). The molecule has 7 heteroatoms. The molecule has 0 aliphatic heterocycles. The van der Waals surface area contributed by atoms with Gasteiger partial charge in [0.05, 0.1) is 12.3 Å². The van der Waals surface area contributed by atoms with Gasteiger partial charge in [0.1, 0.15) is 11.1 Å².